The van der Waals surface area contributed by atoms with Gasteiger partial charge in [-0.3, -0.25) is 4.90 Å². The first-order valence-electron chi connectivity index (χ1n) is 4.40. The number of rotatable bonds is 4. The Bertz CT molecular complexity index is 343. The summed E-state index contributed by atoms with van der Waals surface area (Å²) in [6.45, 7) is 0.443. The van der Waals surface area contributed by atoms with E-state index in [-0.39, 0.29) is 13.2 Å². The van der Waals surface area contributed by atoms with Crippen LogP contribution < -0.4 is 4.90 Å². The molecule has 1 aromatic rings. The molecule has 0 fully saturated rings. The highest BCUT2D eigenvalue weighted by molar-refractivity contribution is 5.85. The molecule has 4 nitrogen and oxygen atoms in total. The zero-order valence-corrected chi connectivity index (χ0v) is 8.31. The molecule has 0 spiro atoms. The molecule has 0 aliphatic carbocycles. The van der Waals surface area contributed by atoms with Crippen molar-refractivity contribution in [2.75, 3.05) is 25.2 Å². The number of carbonyl (C=O) groups is 1. The fourth-order valence-corrected chi connectivity index (χ4v) is 1.16. The van der Waals surface area contributed by atoms with E-state index in [1.54, 1.807) is 0 Å². The largest absolute Gasteiger partial charge is 0.465 e. The number of benzene rings is 1. The molecule has 0 saturated carbocycles. The van der Waals surface area contributed by atoms with Crippen molar-refractivity contribution in [1.82, 2.24) is 0 Å². The van der Waals surface area contributed by atoms with Crippen molar-refractivity contribution in [3.05, 3.63) is 30.1 Å². The standard InChI is InChI=1S/C10H12FNO3/c1-15-6-5-12(10(13)14)9-4-2-3-8(11)7-9/h2-4,7H,5-6H2,1H3,(H,13,14). The molecule has 15 heavy (non-hydrogen) atoms. The van der Waals surface area contributed by atoms with Gasteiger partial charge in [-0.25, -0.2) is 9.18 Å². The van der Waals surface area contributed by atoms with Crippen LogP contribution in [0.5, 0.6) is 0 Å². The van der Waals surface area contributed by atoms with Gasteiger partial charge < -0.3 is 9.84 Å². The lowest BCUT2D eigenvalue weighted by Crippen LogP contribution is -2.32. The van der Waals surface area contributed by atoms with Crippen LogP contribution in [-0.4, -0.2) is 31.5 Å². The molecule has 0 aliphatic heterocycles. The molecule has 0 radical (unpaired) electrons. The van der Waals surface area contributed by atoms with Crippen LogP contribution in [-0.2, 0) is 4.74 Å². The molecular weight excluding hydrogens is 201 g/mol. The zero-order chi connectivity index (χ0) is 11.3. The highest BCUT2D eigenvalue weighted by Gasteiger charge is 2.13. The van der Waals surface area contributed by atoms with Crippen LogP contribution in [0.3, 0.4) is 0 Å². The van der Waals surface area contributed by atoms with Gasteiger partial charge in [-0.2, -0.15) is 0 Å². The summed E-state index contributed by atoms with van der Waals surface area (Å²) in [6, 6.07) is 5.43. The molecule has 0 aromatic heterocycles. The number of carboxylic acid groups (broad SMARTS) is 1. The third-order valence-electron chi connectivity index (χ3n) is 1.87. The van der Waals surface area contributed by atoms with E-state index < -0.39 is 11.9 Å². The molecule has 1 aromatic carbocycles. The third kappa shape index (κ3) is 3.21. The van der Waals surface area contributed by atoms with E-state index in [4.69, 9.17) is 9.84 Å². The molecule has 5 heteroatoms. The topological polar surface area (TPSA) is 49.8 Å². The normalized spacial score (nSPS) is 10.0. The molecular formula is C10H12FNO3. The van der Waals surface area contributed by atoms with Gasteiger partial charge in [-0.05, 0) is 18.2 Å². The molecule has 1 N–H and O–H groups in total. The van der Waals surface area contributed by atoms with Crippen molar-refractivity contribution >= 4 is 11.8 Å². The summed E-state index contributed by atoms with van der Waals surface area (Å²) in [5, 5.41) is 8.89. The van der Waals surface area contributed by atoms with Gasteiger partial charge >= 0.3 is 6.09 Å². The summed E-state index contributed by atoms with van der Waals surface area (Å²) in [4.78, 5) is 11.9. The minimum absolute atomic E-state index is 0.176. The Morgan fingerprint density at radius 1 is 1.60 bits per heavy atom. The summed E-state index contributed by atoms with van der Waals surface area (Å²) in [6.07, 6.45) is -1.13. The molecule has 0 bridgehead atoms. The Labute approximate surface area is 86.9 Å². The first kappa shape index (κ1) is 11.5. The van der Waals surface area contributed by atoms with E-state index in [9.17, 15) is 9.18 Å². The predicted molar refractivity (Wildman–Crippen MR) is 53.6 cm³/mol. The van der Waals surface area contributed by atoms with Crippen molar-refractivity contribution in [2.24, 2.45) is 0 Å². The zero-order valence-electron chi connectivity index (χ0n) is 8.31. The molecule has 0 saturated heterocycles. The van der Waals surface area contributed by atoms with Gasteiger partial charge in [0.1, 0.15) is 5.82 Å². The van der Waals surface area contributed by atoms with Crippen LogP contribution in [0.4, 0.5) is 14.9 Å². The van der Waals surface area contributed by atoms with Gasteiger partial charge in [0.15, 0.2) is 0 Å². The Balaban J connectivity index is 2.84. The minimum Gasteiger partial charge on any atom is -0.465 e. The van der Waals surface area contributed by atoms with E-state index in [1.807, 2.05) is 0 Å². The lowest BCUT2D eigenvalue weighted by atomic mass is 10.3. The highest BCUT2D eigenvalue weighted by atomic mass is 19.1. The van der Waals surface area contributed by atoms with Gasteiger partial charge in [-0.1, -0.05) is 6.07 Å². The second-order valence-corrected chi connectivity index (χ2v) is 2.91. The van der Waals surface area contributed by atoms with Crippen molar-refractivity contribution in [3.63, 3.8) is 0 Å². The second-order valence-electron chi connectivity index (χ2n) is 2.91. The maximum atomic E-state index is 12.9. The number of methoxy groups -OCH3 is 1. The van der Waals surface area contributed by atoms with Crippen LogP contribution in [0.15, 0.2) is 24.3 Å². The molecule has 1 amide bonds. The maximum Gasteiger partial charge on any atom is 0.411 e. The van der Waals surface area contributed by atoms with Gasteiger partial charge in [0, 0.05) is 7.11 Å². The molecule has 1 rings (SSSR count). The first-order chi connectivity index (χ1) is 7.15. The van der Waals surface area contributed by atoms with Gasteiger partial charge in [0.25, 0.3) is 0 Å². The summed E-state index contributed by atoms with van der Waals surface area (Å²) >= 11 is 0. The number of anilines is 1. The van der Waals surface area contributed by atoms with E-state index in [1.165, 1.54) is 31.4 Å². The van der Waals surface area contributed by atoms with Crippen LogP contribution in [0.2, 0.25) is 0 Å². The predicted octanol–water partition coefficient (Wildman–Crippen LogP) is 1.96. The Hall–Kier alpha value is -1.62. The molecule has 82 valence electrons. The summed E-state index contributed by atoms with van der Waals surface area (Å²) in [7, 11) is 1.48. The van der Waals surface area contributed by atoms with Crippen molar-refractivity contribution in [1.29, 1.82) is 0 Å². The number of halogens is 1. The van der Waals surface area contributed by atoms with E-state index >= 15 is 0 Å². The van der Waals surface area contributed by atoms with Crippen LogP contribution >= 0.6 is 0 Å². The van der Waals surface area contributed by atoms with Gasteiger partial charge in [-0.15, -0.1) is 0 Å². The lowest BCUT2D eigenvalue weighted by Gasteiger charge is -2.18. The molecule has 0 heterocycles. The van der Waals surface area contributed by atoms with Crippen LogP contribution in [0.1, 0.15) is 0 Å². The quantitative estimate of drug-likeness (QED) is 0.831. The molecule has 0 atom stereocenters. The fourth-order valence-electron chi connectivity index (χ4n) is 1.16. The van der Waals surface area contributed by atoms with E-state index in [0.717, 1.165) is 4.90 Å². The summed E-state index contributed by atoms with van der Waals surface area (Å²) < 4.78 is 17.6. The average Bonchev–Trinajstić information content (AvgIpc) is 2.18. The van der Waals surface area contributed by atoms with Crippen molar-refractivity contribution in [3.8, 4) is 0 Å². The average molecular weight is 213 g/mol. The Morgan fingerprint density at radius 3 is 2.87 bits per heavy atom. The summed E-state index contributed by atoms with van der Waals surface area (Å²) in [5.74, 6) is -0.462. The van der Waals surface area contributed by atoms with Crippen molar-refractivity contribution < 1.29 is 19.0 Å². The second kappa shape index (κ2) is 5.31. The minimum atomic E-state index is -1.13. The van der Waals surface area contributed by atoms with Crippen molar-refractivity contribution in [2.45, 2.75) is 0 Å². The first-order valence-corrected chi connectivity index (χ1v) is 4.40. The Morgan fingerprint density at radius 2 is 2.33 bits per heavy atom. The van der Waals surface area contributed by atoms with Crippen LogP contribution in [0, 0.1) is 5.82 Å². The highest BCUT2D eigenvalue weighted by Crippen LogP contribution is 2.15. The SMILES string of the molecule is COCCN(C(=O)O)c1cccc(F)c1. The number of nitrogens with zero attached hydrogens (tertiary/aromatic N) is 1. The lowest BCUT2D eigenvalue weighted by molar-refractivity contribution is 0.186. The maximum absolute atomic E-state index is 12.9. The van der Waals surface area contributed by atoms with E-state index in [2.05, 4.69) is 0 Å². The van der Waals surface area contributed by atoms with Gasteiger partial charge in [0.05, 0.1) is 18.8 Å². The third-order valence-corrected chi connectivity index (χ3v) is 1.87. The monoisotopic (exact) mass is 213 g/mol. The number of ether oxygens (including phenoxy) is 1. The Kier molecular flexibility index (Phi) is 4.05. The smallest absolute Gasteiger partial charge is 0.411 e. The summed E-state index contributed by atoms with van der Waals surface area (Å²) in [5.41, 5.74) is 0.305. The number of hydrogen-bond donors (Lipinski definition) is 1. The molecule has 0 aliphatic rings. The van der Waals surface area contributed by atoms with Crippen LogP contribution in [0.25, 0.3) is 0 Å². The van der Waals surface area contributed by atoms with Gasteiger partial charge in [0.2, 0.25) is 0 Å². The number of amides is 1. The van der Waals surface area contributed by atoms with E-state index in [0.29, 0.717) is 5.69 Å². The molecule has 0 unspecified atom stereocenters. The fraction of sp³-hybridized carbons (Fsp3) is 0.300. The number of hydrogen-bond acceptors (Lipinski definition) is 2.